The second-order valence-electron chi connectivity index (χ2n) is 9.46. The van der Waals surface area contributed by atoms with E-state index in [1.165, 1.54) is 37.1 Å². The lowest BCUT2D eigenvalue weighted by Crippen LogP contribution is -2.56. The number of allylic oxidation sites excluding steroid dienone is 1. The first-order valence-corrected chi connectivity index (χ1v) is 13.6. The fraction of sp³-hybridized carbons (Fsp3) is 0.636. The summed E-state index contributed by atoms with van der Waals surface area (Å²) in [6.07, 6.45) is -1.03. The van der Waals surface area contributed by atoms with Crippen molar-refractivity contribution in [2.24, 2.45) is 17.6 Å². The molecule has 0 aromatic carbocycles. The van der Waals surface area contributed by atoms with Gasteiger partial charge in [0, 0.05) is 31.9 Å². The number of fused-ring (bicyclic) bond motifs is 4. The third-order valence-electron chi connectivity index (χ3n) is 7.77. The maximum absolute atomic E-state index is 14.3. The van der Waals surface area contributed by atoms with Crippen molar-refractivity contribution in [3.8, 4) is 0 Å². The predicted molar refractivity (Wildman–Crippen MR) is 126 cm³/mol. The molecule has 37 heavy (non-hydrogen) atoms. The molecule has 1 spiro atoms. The Balaban J connectivity index is 1.43. The van der Waals surface area contributed by atoms with Gasteiger partial charge in [-0.2, -0.15) is 0 Å². The molecule has 5 atom stereocenters. The first kappa shape index (κ1) is 24.7. The van der Waals surface area contributed by atoms with E-state index in [4.69, 9.17) is 24.7 Å². The predicted octanol–water partition coefficient (Wildman–Crippen LogP) is -0.313. The van der Waals surface area contributed by atoms with E-state index in [2.05, 4.69) is 10.2 Å². The molecule has 0 saturated carbocycles. The minimum atomic E-state index is -1.81. The van der Waals surface area contributed by atoms with Crippen molar-refractivity contribution in [1.82, 2.24) is 20.0 Å². The first-order valence-electron chi connectivity index (χ1n) is 11.7. The van der Waals surface area contributed by atoms with Crippen molar-refractivity contribution < 1.29 is 38.1 Å². The van der Waals surface area contributed by atoms with Gasteiger partial charge in [0.15, 0.2) is 15.8 Å². The van der Waals surface area contributed by atoms with Crippen molar-refractivity contribution in [2.45, 2.75) is 41.8 Å². The molecule has 3 saturated heterocycles. The van der Waals surface area contributed by atoms with Gasteiger partial charge in [-0.25, -0.2) is 4.79 Å². The molecule has 6 rings (SSSR count). The number of aromatic nitrogens is 2. The zero-order valence-electron chi connectivity index (χ0n) is 20.3. The van der Waals surface area contributed by atoms with Crippen LogP contribution >= 0.6 is 23.1 Å². The SMILES string of the molecule is CO[C@@]12[C@H](COC(N)=O)C3=C(C(=O)C(CSc4nnc(C)s4)C4(OCCO4)C3=O)N1C[C@H]1[C@@H]2N1C(C)=O. The molecule has 2 N–H and O–H groups in total. The van der Waals surface area contributed by atoms with E-state index in [0.29, 0.717) is 10.9 Å². The van der Waals surface area contributed by atoms with E-state index in [-0.39, 0.29) is 54.6 Å². The van der Waals surface area contributed by atoms with Gasteiger partial charge in [-0.15, -0.1) is 10.2 Å². The topological polar surface area (TPSA) is 163 Å². The minimum Gasteiger partial charge on any atom is -0.449 e. The Labute approximate surface area is 219 Å². The van der Waals surface area contributed by atoms with Gasteiger partial charge in [-0.3, -0.25) is 14.4 Å². The number of hydrogen-bond donors (Lipinski definition) is 1. The fourth-order valence-corrected chi connectivity index (χ4v) is 8.43. The highest BCUT2D eigenvalue weighted by atomic mass is 32.2. The second kappa shape index (κ2) is 8.46. The zero-order chi connectivity index (χ0) is 26.3. The number of primary amides is 1. The van der Waals surface area contributed by atoms with Crippen molar-refractivity contribution in [3.05, 3.63) is 16.3 Å². The number of ketones is 2. The molecule has 2 amide bonds. The standard InChI is InChI=1S/C22H25N5O8S2/c1-9-24-25-20(37-9)36-8-12-16(29)15-14(18(30)22(12)34-4-5-35-22)11(7-33-19(23)31)21(32-3)17-13(6-26(15)21)27(17)10(2)28/h11-13,17H,4-8H2,1-3H3,(H2,23,31)/t11-,12?,13+,17+,21-,27?/m1/s1. The summed E-state index contributed by atoms with van der Waals surface area (Å²) in [6.45, 7) is 3.56. The Hall–Kier alpha value is -2.59. The van der Waals surface area contributed by atoms with E-state index >= 15 is 0 Å². The van der Waals surface area contributed by atoms with Crippen LogP contribution in [0, 0.1) is 18.8 Å². The number of nitrogens with zero attached hydrogens (tertiary/aromatic N) is 4. The van der Waals surface area contributed by atoms with Crippen molar-refractivity contribution in [3.63, 3.8) is 0 Å². The van der Waals surface area contributed by atoms with E-state index in [1.54, 1.807) is 9.80 Å². The molecule has 13 nitrogen and oxygen atoms in total. The monoisotopic (exact) mass is 551 g/mol. The van der Waals surface area contributed by atoms with Crippen LogP contribution in [0.3, 0.4) is 0 Å². The van der Waals surface area contributed by atoms with Crippen LogP contribution in [0.4, 0.5) is 4.79 Å². The Morgan fingerprint density at radius 2 is 1.97 bits per heavy atom. The molecule has 0 bridgehead atoms. The molecule has 5 aliphatic rings. The number of Topliss-reactive ketones (excluding diaryl/α,β-unsaturated/α-hetero) is 2. The van der Waals surface area contributed by atoms with E-state index in [0.717, 1.165) is 5.01 Å². The van der Waals surface area contributed by atoms with Gasteiger partial charge in [-0.05, 0) is 6.92 Å². The van der Waals surface area contributed by atoms with E-state index in [1.807, 2.05) is 6.92 Å². The highest BCUT2D eigenvalue weighted by molar-refractivity contribution is 8.01. The molecule has 198 valence electrons. The maximum atomic E-state index is 14.3. The summed E-state index contributed by atoms with van der Waals surface area (Å²) in [5.41, 5.74) is 4.31. The van der Waals surface area contributed by atoms with Gasteiger partial charge in [0.05, 0.1) is 36.8 Å². The van der Waals surface area contributed by atoms with Gasteiger partial charge in [0.1, 0.15) is 17.7 Å². The Morgan fingerprint density at radius 1 is 1.24 bits per heavy atom. The van der Waals surface area contributed by atoms with Crippen LogP contribution in [0.2, 0.25) is 0 Å². The number of hydrogen-bond acceptors (Lipinski definition) is 13. The number of piperazine rings is 1. The average Bonchev–Trinajstić information content (AvgIpc) is 3.25. The maximum Gasteiger partial charge on any atom is 0.404 e. The number of methoxy groups -OCH3 is 1. The Bertz CT molecular complexity index is 1250. The van der Waals surface area contributed by atoms with Crippen LogP contribution in [0.5, 0.6) is 0 Å². The molecule has 15 heteroatoms. The van der Waals surface area contributed by atoms with Gasteiger partial charge in [-0.1, -0.05) is 23.1 Å². The summed E-state index contributed by atoms with van der Waals surface area (Å²) in [5, 5.41) is 8.91. The van der Waals surface area contributed by atoms with Crippen LogP contribution in [-0.2, 0) is 33.3 Å². The summed E-state index contributed by atoms with van der Waals surface area (Å²) in [6, 6.07) is -0.626. The minimum absolute atomic E-state index is 0.122. The first-order chi connectivity index (χ1) is 17.7. The van der Waals surface area contributed by atoms with Crippen LogP contribution in [0.1, 0.15) is 11.9 Å². The Kier molecular flexibility index (Phi) is 5.65. The molecular formula is C22H25N5O8S2. The molecule has 3 fully saturated rings. The number of nitrogens with two attached hydrogens (primary N) is 1. The number of amides is 2. The largest absolute Gasteiger partial charge is 0.449 e. The normalized spacial score (nSPS) is 33.2. The van der Waals surface area contributed by atoms with Gasteiger partial charge in [0.2, 0.25) is 17.5 Å². The molecule has 4 aliphatic heterocycles. The summed E-state index contributed by atoms with van der Waals surface area (Å²) >= 11 is 2.70. The number of rotatable bonds is 6. The van der Waals surface area contributed by atoms with Crippen LogP contribution in [0.15, 0.2) is 15.6 Å². The third kappa shape index (κ3) is 3.27. The third-order valence-corrected chi connectivity index (χ3v) is 9.84. The molecule has 5 heterocycles. The second-order valence-corrected chi connectivity index (χ2v) is 11.9. The number of aryl methyl sites for hydroxylation is 1. The zero-order valence-corrected chi connectivity index (χ0v) is 21.9. The highest BCUT2D eigenvalue weighted by Gasteiger charge is 2.79. The summed E-state index contributed by atoms with van der Waals surface area (Å²) in [5.74, 6) is -4.46. The van der Waals surface area contributed by atoms with Gasteiger partial charge in [0.25, 0.3) is 0 Å². The molecule has 1 aromatic rings. The van der Waals surface area contributed by atoms with E-state index in [9.17, 15) is 19.2 Å². The lowest BCUT2D eigenvalue weighted by Gasteiger charge is -2.41. The van der Waals surface area contributed by atoms with Crippen molar-refractivity contribution in [2.75, 3.05) is 39.2 Å². The Morgan fingerprint density at radius 3 is 2.57 bits per heavy atom. The average molecular weight is 552 g/mol. The molecule has 0 radical (unpaired) electrons. The lowest BCUT2D eigenvalue weighted by molar-refractivity contribution is -0.197. The van der Waals surface area contributed by atoms with E-state index < -0.39 is 41.3 Å². The number of thioether (sulfide) groups is 1. The van der Waals surface area contributed by atoms with Crippen molar-refractivity contribution >= 4 is 46.7 Å². The molecular weight excluding hydrogens is 526 g/mol. The van der Waals surface area contributed by atoms with Crippen molar-refractivity contribution in [1.29, 1.82) is 0 Å². The smallest absolute Gasteiger partial charge is 0.404 e. The highest BCUT2D eigenvalue weighted by Crippen LogP contribution is 2.61. The fourth-order valence-electron chi connectivity index (χ4n) is 6.43. The summed E-state index contributed by atoms with van der Waals surface area (Å²) in [4.78, 5) is 55.8. The number of carbonyl (C=O) groups excluding carboxylic acids is 4. The molecule has 1 unspecified atom stereocenters. The molecule has 1 aliphatic carbocycles. The van der Waals surface area contributed by atoms with Crippen LogP contribution in [0.25, 0.3) is 0 Å². The summed E-state index contributed by atoms with van der Waals surface area (Å²) in [7, 11) is 1.46. The molecule has 1 aromatic heterocycles. The quantitative estimate of drug-likeness (QED) is 0.363. The number of carbonyl (C=O) groups is 4. The van der Waals surface area contributed by atoms with Crippen LogP contribution in [-0.4, -0.2) is 106 Å². The van der Waals surface area contributed by atoms with Crippen LogP contribution < -0.4 is 5.73 Å². The van der Waals surface area contributed by atoms with Gasteiger partial charge < -0.3 is 34.5 Å². The van der Waals surface area contributed by atoms with Gasteiger partial charge >= 0.3 is 6.09 Å². The lowest BCUT2D eigenvalue weighted by atomic mass is 9.76. The summed E-state index contributed by atoms with van der Waals surface area (Å²) < 4.78 is 23.7. The number of ether oxygens (including phenoxy) is 4.